The minimum atomic E-state index is -3.21. The zero-order valence-corrected chi connectivity index (χ0v) is 19.6. The molecule has 0 amide bonds. The van der Waals surface area contributed by atoms with E-state index in [1.54, 1.807) is 0 Å². The number of nitrogens with zero attached hydrogens (tertiary/aromatic N) is 4. The molecule has 0 N–H and O–H groups in total. The van der Waals surface area contributed by atoms with Crippen LogP contribution in [-0.2, 0) is 15.0 Å². The molecule has 0 rings (SSSR count). The van der Waals surface area contributed by atoms with E-state index in [4.69, 9.17) is 0 Å². The molecule has 29 heavy (non-hydrogen) atoms. The van der Waals surface area contributed by atoms with Gasteiger partial charge in [-0.05, 0) is 0 Å². The Morgan fingerprint density at radius 1 is 0.345 bits per heavy atom. The predicted molar refractivity (Wildman–Crippen MR) is 128 cm³/mol. The minimum absolute atomic E-state index is 0.735. The van der Waals surface area contributed by atoms with Gasteiger partial charge in [0.15, 0.2) is 0 Å². The van der Waals surface area contributed by atoms with Crippen molar-refractivity contribution in [2.75, 3.05) is 52.4 Å². The van der Waals surface area contributed by atoms with Gasteiger partial charge in [-0.1, -0.05) is 0 Å². The van der Waals surface area contributed by atoms with E-state index in [9.17, 15) is 0 Å². The summed E-state index contributed by atoms with van der Waals surface area (Å²) in [4.78, 5) is 0. The normalized spacial score (nSPS) is 11.4. The van der Waals surface area contributed by atoms with Gasteiger partial charge < -0.3 is 0 Å². The number of rotatable bonds is 20. The van der Waals surface area contributed by atoms with Crippen molar-refractivity contribution < 1.29 is 15.0 Å². The fourth-order valence-electron chi connectivity index (χ4n) is 3.44. The maximum absolute atomic E-state index is 4.03. The van der Waals surface area contributed by atoms with Crippen molar-refractivity contribution >= 4 is 0 Å². The van der Waals surface area contributed by atoms with Gasteiger partial charge in [0.25, 0.3) is 0 Å². The second-order valence-corrected chi connectivity index (χ2v) is 11.5. The first-order valence-corrected chi connectivity index (χ1v) is 12.4. The van der Waals surface area contributed by atoms with Crippen molar-refractivity contribution in [1.82, 2.24) is 15.0 Å². The molecule has 161 valence electrons. The van der Waals surface area contributed by atoms with Crippen LogP contribution < -0.4 is 0 Å². The quantitative estimate of drug-likeness (QED) is 0.261. The van der Waals surface area contributed by atoms with Gasteiger partial charge in [0.05, 0.1) is 0 Å². The van der Waals surface area contributed by atoms with E-state index in [0.717, 1.165) is 52.4 Å². The first kappa shape index (κ1) is 27.3. The molecule has 0 aliphatic heterocycles. The molecule has 0 fully saturated rings. The molecule has 0 aromatic rings. The molecule has 0 bridgehead atoms. The molecular formula is C24H40N4V. The second-order valence-electron chi connectivity index (χ2n) is 6.33. The Kier molecular flexibility index (Phi) is 15.3. The molecule has 0 aliphatic rings. The zero-order valence-electron chi connectivity index (χ0n) is 18.2. The van der Waals surface area contributed by atoms with Gasteiger partial charge in [-0.15, -0.1) is 0 Å². The van der Waals surface area contributed by atoms with Gasteiger partial charge in [-0.25, -0.2) is 0 Å². The Bertz CT molecular complexity index is 428. The van der Waals surface area contributed by atoms with Gasteiger partial charge >= 0.3 is 184 Å². The average Bonchev–Trinajstić information content (AvgIpc) is 2.70. The first-order valence-electron chi connectivity index (χ1n) is 9.86. The standard InChI is InChI=1S/4C6H10N.V/c4*1-3-5-7-6-4-2;/h4*3-4H,1-2,5-6H2;/q4*-1;+4. The van der Waals surface area contributed by atoms with Crippen LogP contribution in [0.1, 0.15) is 0 Å². The third-order valence-electron chi connectivity index (χ3n) is 4.24. The molecule has 4 nitrogen and oxygen atoms in total. The van der Waals surface area contributed by atoms with E-state index >= 15 is 0 Å². The molecule has 0 unspecified atom stereocenters. The van der Waals surface area contributed by atoms with Gasteiger partial charge in [0, 0.05) is 0 Å². The molecule has 0 aliphatic carbocycles. The predicted octanol–water partition coefficient (Wildman–Crippen LogP) is 4.50. The summed E-state index contributed by atoms with van der Waals surface area (Å²) in [7, 11) is 0. The molecule has 0 atom stereocenters. The summed E-state index contributed by atoms with van der Waals surface area (Å²) >= 11 is -3.21. The molecule has 5 heteroatoms. The van der Waals surface area contributed by atoms with E-state index in [0.29, 0.717) is 0 Å². The van der Waals surface area contributed by atoms with E-state index in [2.05, 4.69) is 67.6 Å². The molecule has 0 aromatic carbocycles. The van der Waals surface area contributed by atoms with Crippen LogP contribution >= 0.6 is 0 Å². The Morgan fingerprint density at radius 2 is 0.483 bits per heavy atom. The van der Waals surface area contributed by atoms with Crippen LogP contribution in [0, 0.1) is 0 Å². The molecule has 0 heterocycles. The van der Waals surface area contributed by atoms with Gasteiger partial charge in [0.1, 0.15) is 0 Å². The van der Waals surface area contributed by atoms with Gasteiger partial charge in [0.2, 0.25) is 0 Å². The summed E-state index contributed by atoms with van der Waals surface area (Å²) in [6, 6.07) is 0. The van der Waals surface area contributed by atoms with Crippen molar-refractivity contribution in [3.8, 4) is 0 Å². The van der Waals surface area contributed by atoms with Crippen LogP contribution in [0.3, 0.4) is 0 Å². The van der Waals surface area contributed by atoms with Crippen LogP contribution in [0.25, 0.3) is 0 Å². The summed E-state index contributed by atoms with van der Waals surface area (Å²) in [6.07, 6.45) is 15.7. The molecule has 0 saturated carbocycles. The van der Waals surface area contributed by atoms with Crippen molar-refractivity contribution in [2.24, 2.45) is 0 Å². The van der Waals surface area contributed by atoms with Crippen molar-refractivity contribution in [3.05, 3.63) is 101 Å². The molecule has 0 saturated heterocycles. The van der Waals surface area contributed by atoms with E-state index in [1.807, 2.05) is 48.6 Å². The van der Waals surface area contributed by atoms with E-state index < -0.39 is 15.0 Å². The summed E-state index contributed by atoms with van der Waals surface area (Å²) in [6.45, 7) is 38.1. The summed E-state index contributed by atoms with van der Waals surface area (Å²) in [5.41, 5.74) is 0. The fourth-order valence-corrected chi connectivity index (χ4v) is 11.0. The van der Waals surface area contributed by atoms with Crippen LogP contribution in [0.15, 0.2) is 101 Å². The Labute approximate surface area is 183 Å². The maximum atomic E-state index is 4.03. The molecule has 0 radical (unpaired) electrons. The topological polar surface area (TPSA) is 13.0 Å². The third-order valence-corrected chi connectivity index (χ3v) is 11.0. The molecule has 0 aromatic heterocycles. The summed E-state index contributed by atoms with van der Waals surface area (Å²) in [5.74, 6) is 0. The van der Waals surface area contributed by atoms with Crippen LogP contribution in [-0.4, -0.2) is 67.4 Å². The van der Waals surface area contributed by atoms with Crippen LogP contribution in [0.5, 0.6) is 0 Å². The van der Waals surface area contributed by atoms with Crippen LogP contribution in [0.4, 0.5) is 0 Å². The third kappa shape index (κ3) is 7.27. The van der Waals surface area contributed by atoms with Gasteiger partial charge in [-0.2, -0.15) is 0 Å². The van der Waals surface area contributed by atoms with Crippen molar-refractivity contribution in [1.29, 1.82) is 0 Å². The van der Waals surface area contributed by atoms with Gasteiger partial charge in [-0.3, -0.25) is 0 Å². The van der Waals surface area contributed by atoms with Crippen LogP contribution in [0.2, 0.25) is 0 Å². The zero-order chi connectivity index (χ0) is 22.1. The Balaban J connectivity index is 7.13. The SMILES string of the molecule is C=CC[N](CC=C)[V]([N](CC=C)CC=C)([N](CC=C)CC=C)[N](CC=C)CC=C. The molecule has 0 spiro atoms. The Hall–Kier alpha value is -1.66. The van der Waals surface area contributed by atoms with E-state index in [1.165, 1.54) is 0 Å². The Morgan fingerprint density at radius 3 is 0.586 bits per heavy atom. The van der Waals surface area contributed by atoms with Crippen molar-refractivity contribution in [2.45, 2.75) is 0 Å². The van der Waals surface area contributed by atoms with E-state index in [-0.39, 0.29) is 0 Å². The monoisotopic (exact) mass is 435 g/mol. The van der Waals surface area contributed by atoms with Crippen molar-refractivity contribution in [3.63, 3.8) is 0 Å². The average molecular weight is 436 g/mol. The second kappa shape index (κ2) is 16.2. The summed E-state index contributed by atoms with van der Waals surface area (Å²) < 4.78 is 10.0. The number of hydrogen-bond acceptors (Lipinski definition) is 4. The molecular weight excluding hydrogens is 395 g/mol. The number of hydrogen-bond donors (Lipinski definition) is 0. The fraction of sp³-hybridized carbons (Fsp3) is 0.333. The summed E-state index contributed by atoms with van der Waals surface area (Å²) in [5, 5.41) is 0. The first-order chi connectivity index (χ1) is 14.1.